The topological polar surface area (TPSA) is 29.9 Å². The molecule has 1 aromatic heterocycles. The van der Waals surface area contributed by atoms with E-state index in [4.69, 9.17) is 0 Å². The van der Waals surface area contributed by atoms with E-state index in [1.54, 1.807) is 6.20 Å². The highest BCUT2D eigenvalue weighted by Gasteiger charge is 2.02. The maximum absolute atomic E-state index is 4.19. The van der Waals surface area contributed by atoms with Crippen molar-refractivity contribution in [2.75, 3.05) is 7.05 Å². The summed E-state index contributed by atoms with van der Waals surface area (Å²) in [4.78, 5) is 0. The van der Waals surface area contributed by atoms with Crippen molar-refractivity contribution in [3.05, 3.63) is 52.3 Å². The lowest BCUT2D eigenvalue weighted by atomic mass is 10.1. The van der Waals surface area contributed by atoms with Crippen LogP contribution in [0.4, 0.5) is 0 Å². The van der Waals surface area contributed by atoms with Crippen molar-refractivity contribution in [1.82, 2.24) is 15.1 Å². The molecule has 0 aliphatic carbocycles. The smallest absolute Gasteiger partial charge is 0.0670 e. The minimum atomic E-state index is 0.799. The van der Waals surface area contributed by atoms with Crippen molar-refractivity contribution in [3.8, 4) is 0 Å². The van der Waals surface area contributed by atoms with Crippen molar-refractivity contribution in [2.45, 2.75) is 13.1 Å². The van der Waals surface area contributed by atoms with Crippen LogP contribution in [0.25, 0.3) is 0 Å². The minimum absolute atomic E-state index is 0.799. The molecule has 0 fully saturated rings. The average Bonchev–Trinajstić information content (AvgIpc) is 2.75. The Bertz CT molecular complexity index is 451. The summed E-state index contributed by atoms with van der Waals surface area (Å²) in [6.07, 6.45) is 3.76. The molecule has 0 bridgehead atoms. The zero-order chi connectivity index (χ0) is 11.4. The van der Waals surface area contributed by atoms with Crippen LogP contribution in [-0.4, -0.2) is 16.8 Å². The molecule has 0 unspecified atom stereocenters. The summed E-state index contributed by atoms with van der Waals surface area (Å²) in [5.41, 5.74) is 2.52. The van der Waals surface area contributed by atoms with Gasteiger partial charge in [-0.1, -0.05) is 28.1 Å². The van der Waals surface area contributed by atoms with Gasteiger partial charge in [-0.3, -0.25) is 4.68 Å². The summed E-state index contributed by atoms with van der Waals surface area (Å²) < 4.78 is 3.05. The van der Waals surface area contributed by atoms with E-state index in [9.17, 15) is 0 Å². The monoisotopic (exact) mass is 279 g/mol. The van der Waals surface area contributed by atoms with Gasteiger partial charge in [-0.15, -0.1) is 0 Å². The Morgan fingerprint density at radius 2 is 2.31 bits per heavy atom. The van der Waals surface area contributed by atoms with E-state index in [-0.39, 0.29) is 0 Å². The average molecular weight is 280 g/mol. The number of aromatic nitrogens is 2. The third-order valence-electron chi connectivity index (χ3n) is 2.39. The van der Waals surface area contributed by atoms with Gasteiger partial charge in [0.2, 0.25) is 0 Å². The molecule has 0 atom stereocenters. The van der Waals surface area contributed by atoms with E-state index in [1.807, 2.05) is 24.0 Å². The molecule has 0 radical (unpaired) electrons. The number of nitrogens with zero attached hydrogens (tertiary/aromatic N) is 2. The highest BCUT2D eigenvalue weighted by atomic mass is 79.9. The van der Waals surface area contributed by atoms with Crippen LogP contribution >= 0.6 is 15.9 Å². The molecule has 0 saturated heterocycles. The van der Waals surface area contributed by atoms with Gasteiger partial charge in [0, 0.05) is 23.4 Å². The third-order valence-corrected chi connectivity index (χ3v) is 3.13. The Morgan fingerprint density at radius 3 is 2.94 bits per heavy atom. The van der Waals surface area contributed by atoms with Gasteiger partial charge in [-0.05, 0) is 30.3 Å². The fourth-order valence-electron chi connectivity index (χ4n) is 1.60. The number of nitrogens with one attached hydrogen (secondary N) is 1. The first-order valence-corrected chi connectivity index (χ1v) is 5.98. The molecule has 4 heteroatoms. The van der Waals surface area contributed by atoms with Crippen LogP contribution in [-0.2, 0) is 13.1 Å². The second-order valence-electron chi connectivity index (χ2n) is 3.66. The second-order valence-corrected chi connectivity index (χ2v) is 4.51. The van der Waals surface area contributed by atoms with E-state index in [0.717, 1.165) is 17.6 Å². The number of hydrogen-bond donors (Lipinski definition) is 1. The molecule has 2 aromatic rings. The second kappa shape index (κ2) is 5.27. The lowest BCUT2D eigenvalue weighted by Gasteiger charge is -2.07. The summed E-state index contributed by atoms with van der Waals surface area (Å²) in [6.45, 7) is 1.69. The predicted octanol–water partition coefficient (Wildman–Crippen LogP) is 2.41. The summed E-state index contributed by atoms with van der Waals surface area (Å²) >= 11 is 3.59. The van der Waals surface area contributed by atoms with Crippen LogP contribution < -0.4 is 5.32 Å². The first-order chi connectivity index (χ1) is 7.79. The predicted molar refractivity (Wildman–Crippen MR) is 68.2 cm³/mol. The van der Waals surface area contributed by atoms with Gasteiger partial charge in [0.05, 0.1) is 6.54 Å². The molecule has 0 aliphatic rings. The molecule has 0 saturated carbocycles. The summed E-state index contributed by atoms with van der Waals surface area (Å²) in [6, 6.07) is 8.36. The maximum atomic E-state index is 4.19. The first kappa shape index (κ1) is 11.4. The highest BCUT2D eigenvalue weighted by Crippen LogP contribution is 2.19. The molecule has 84 valence electrons. The number of hydrogen-bond acceptors (Lipinski definition) is 2. The standard InChI is InChI=1S/C12H14BrN3/c1-14-8-10-3-4-11(12(13)7-10)9-16-6-2-5-15-16/h2-7,14H,8-9H2,1H3. The van der Waals surface area contributed by atoms with Gasteiger partial charge >= 0.3 is 0 Å². The third kappa shape index (κ3) is 2.71. The zero-order valence-corrected chi connectivity index (χ0v) is 10.7. The van der Waals surface area contributed by atoms with Gasteiger partial charge in [0.25, 0.3) is 0 Å². The molecule has 1 N–H and O–H groups in total. The molecule has 0 aliphatic heterocycles. The Hall–Kier alpha value is -1.13. The number of halogens is 1. The van der Waals surface area contributed by atoms with Gasteiger partial charge in [-0.25, -0.2) is 0 Å². The van der Waals surface area contributed by atoms with Gasteiger partial charge in [0.1, 0.15) is 0 Å². The zero-order valence-electron chi connectivity index (χ0n) is 9.15. The molecule has 1 aromatic carbocycles. The summed E-state index contributed by atoms with van der Waals surface area (Å²) in [5, 5.41) is 7.33. The largest absolute Gasteiger partial charge is 0.316 e. The van der Waals surface area contributed by atoms with Crippen molar-refractivity contribution in [1.29, 1.82) is 0 Å². The van der Waals surface area contributed by atoms with E-state index in [2.05, 4.69) is 44.5 Å². The van der Waals surface area contributed by atoms with Gasteiger partial charge in [-0.2, -0.15) is 5.10 Å². The quantitative estimate of drug-likeness (QED) is 0.932. The maximum Gasteiger partial charge on any atom is 0.0670 e. The lowest BCUT2D eigenvalue weighted by molar-refractivity contribution is 0.684. The van der Waals surface area contributed by atoms with Crippen LogP contribution in [0, 0.1) is 0 Å². The normalized spacial score (nSPS) is 10.6. The van der Waals surface area contributed by atoms with Crippen LogP contribution in [0.2, 0.25) is 0 Å². The number of rotatable bonds is 4. The molecule has 1 heterocycles. The molecule has 3 nitrogen and oxygen atoms in total. The molecule has 2 rings (SSSR count). The highest BCUT2D eigenvalue weighted by molar-refractivity contribution is 9.10. The Balaban J connectivity index is 2.16. The van der Waals surface area contributed by atoms with E-state index in [0.29, 0.717) is 0 Å². The van der Waals surface area contributed by atoms with Crippen LogP contribution in [0.5, 0.6) is 0 Å². The number of benzene rings is 1. The summed E-state index contributed by atoms with van der Waals surface area (Å²) in [7, 11) is 1.95. The Labute approximate surface area is 104 Å². The molecule has 0 spiro atoms. The molecular weight excluding hydrogens is 266 g/mol. The van der Waals surface area contributed by atoms with Crippen LogP contribution in [0.15, 0.2) is 41.1 Å². The van der Waals surface area contributed by atoms with Crippen molar-refractivity contribution >= 4 is 15.9 Å². The molecule has 16 heavy (non-hydrogen) atoms. The van der Waals surface area contributed by atoms with Crippen LogP contribution in [0.1, 0.15) is 11.1 Å². The van der Waals surface area contributed by atoms with Crippen LogP contribution in [0.3, 0.4) is 0 Å². The van der Waals surface area contributed by atoms with E-state index >= 15 is 0 Å². The lowest BCUT2D eigenvalue weighted by Crippen LogP contribution is -2.06. The van der Waals surface area contributed by atoms with Crippen molar-refractivity contribution in [3.63, 3.8) is 0 Å². The SMILES string of the molecule is CNCc1ccc(Cn2cccn2)c(Br)c1. The fraction of sp³-hybridized carbons (Fsp3) is 0.250. The van der Waals surface area contributed by atoms with Gasteiger partial charge in [0.15, 0.2) is 0 Å². The van der Waals surface area contributed by atoms with E-state index in [1.165, 1.54) is 11.1 Å². The molecule has 0 amide bonds. The first-order valence-electron chi connectivity index (χ1n) is 5.19. The summed E-state index contributed by atoms with van der Waals surface area (Å²) in [5.74, 6) is 0. The van der Waals surface area contributed by atoms with E-state index < -0.39 is 0 Å². The van der Waals surface area contributed by atoms with Crippen molar-refractivity contribution in [2.24, 2.45) is 0 Å². The molecular formula is C12H14BrN3. The fourth-order valence-corrected chi connectivity index (χ4v) is 2.15. The Morgan fingerprint density at radius 1 is 1.44 bits per heavy atom. The van der Waals surface area contributed by atoms with Crippen molar-refractivity contribution < 1.29 is 0 Å². The Kier molecular flexibility index (Phi) is 3.74. The minimum Gasteiger partial charge on any atom is -0.316 e. The van der Waals surface area contributed by atoms with Gasteiger partial charge < -0.3 is 5.32 Å².